The van der Waals surface area contributed by atoms with Gasteiger partial charge in [0.1, 0.15) is 11.9 Å². The van der Waals surface area contributed by atoms with Gasteiger partial charge in [-0.25, -0.2) is 0 Å². The van der Waals surface area contributed by atoms with Crippen LogP contribution in [-0.2, 0) is 4.79 Å². The molecule has 21 heavy (non-hydrogen) atoms. The molecule has 1 aromatic rings. The molecule has 2 rings (SSSR count). The van der Waals surface area contributed by atoms with Crippen molar-refractivity contribution < 1.29 is 9.53 Å². The van der Waals surface area contributed by atoms with Crippen LogP contribution in [0.5, 0.6) is 5.75 Å². The highest BCUT2D eigenvalue weighted by molar-refractivity contribution is 5.82. The van der Waals surface area contributed by atoms with E-state index in [9.17, 15) is 4.79 Å². The van der Waals surface area contributed by atoms with Crippen LogP contribution in [0.2, 0.25) is 0 Å². The number of fused-ring (bicyclic) bond motifs is 1. The Labute approximate surface area is 126 Å². The number of hydrogen-bond acceptors (Lipinski definition) is 4. The van der Waals surface area contributed by atoms with Crippen LogP contribution in [0.4, 0.5) is 11.4 Å². The minimum absolute atomic E-state index is 0.0453. The lowest BCUT2D eigenvalue weighted by atomic mass is 10.1. The number of nitrogens with zero attached hydrogens (tertiary/aromatic N) is 1. The summed E-state index contributed by atoms with van der Waals surface area (Å²) in [6.45, 7) is 7.23. The van der Waals surface area contributed by atoms with Crippen molar-refractivity contribution in [2.45, 2.75) is 45.8 Å². The van der Waals surface area contributed by atoms with Crippen molar-refractivity contribution in [3.8, 4) is 5.75 Å². The van der Waals surface area contributed by atoms with Crippen molar-refractivity contribution in [3.63, 3.8) is 0 Å². The number of nitrogens with two attached hydrogens (primary N) is 1. The van der Waals surface area contributed by atoms with E-state index in [1.165, 1.54) is 0 Å². The monoisotopic (exact) mass is 291 g/mol. The fourth-order valence-corrected chi connectivity index (χ4v) is 2.41. The van der Waals surface area contributed by atoms with E-state index in [0.29, 0.717) is 12.2 Å². The normalized spacial score (nSPS) is 18.6. The first kappa shape index (κ1) is 15.5. The van der Waals surface area contributed by atoms with E-state index in [2.05, 4.69) is 24.1 Å². The lowest BCUT2D eigenvalue weighted by molar-refractivity contribution is -0.120. The third-order valence-corrected chi connectivity index (χ3v) is 3.85. The van der Waals surface area contributed by atoms with E-state index < -0.39 is 0 Å². The highest BCUT2D eigenvalue weighted by Gasteiger charge is 2.26. The number of carbonyl (C=O) groups is 1. The maximum absolute atomic E-state index is 12.1. The molecule has 0 radical (unpaired) electrons. The first-order chi connectivity index (χ1) is 10.0. The zero-order chi connectivity index (χ0) is 15.4. The quantitative estimate of drug-likeness (QED) is 0.816. The summed E-state index contributed by atoms with van der Waals surface area (Å²) in [6.07, 6.45) is 1.92. The molecule has 0 aromatic heterocycles. The smallest absolute Gasteiger partial charge is 0.239 e. The Kier molecular flexibility index (Phi) is 4.94. The largest absolute Gasteiger partial charge is 0.486 e. The number of carbonyl (C=O) groups excluding carboxylic acids is 1. The van der Waals surface area contributed by atoms with Crippen molar-refractivity contribution in [3.05, 3.63) is 18.2 Å². The molecular weight excluding hydrogens is 266 g/mol. The molecule has 0 bridgehead atoms. The van der Waals surface area contributed by atoms with E-state index in [4.69, 9.17) is 10.5 Å². The Morgan fingerprint density at radius 1 is 1.52 bits per heavy atom. The number of hydrogen-bond donors (Lipinski definition) is 2. The maximum Gasteiger partial charge on any atom is 0.239 e. The summed E-state index contributed by atoms with van der Waals surface area (Å²) in [6, 6.07) is 5.80. The van der Waals surface area contributed by atoms with Crippen molar-refractivity contribution >= 4 is 17.3 Å². The molecule has 2 atom stereocenters. The highest BCUT2D eigenvalue weighted by atomic mass is 16.5. The minimum atomic E-state index is 0.0453. The van der Waals surface area contributed by atoms with E-state index in [0.717, 1.165) is 30.8 Å². The minimum Gasteiger partial charge on any atom is -0.486 e. The van der Waals surface area contributed by atoms with Gasteiger partial charge in [-0.05, 0) is 31.9 Å². The fourth-order valence-electron chi connectivity index (χ4n) is 2.41. The predicted octanol–water partition coefficient (Wildman–Crippen LogP) is 2.16. The molecule has 0 saturated carbocycles. The van der Waals surface area contributed by atoms with Gasteiger partial charge in [0.15, 0.2) is 0 Å². The third kappa shape index (κ3) is 3.80. The van der Waals surface area contributed by atoms with Gasteiger partial charge < -0.3 is 20.7 Å². The van der Waals surface area contributed by atoms with Gasteiger partial charge >= 0.3 is 0 Å². The number of rotatable bonds is 5. The summed E-state index contributed by atoms with van der Waals surface area (Å²) in [4.78, 5) is 14.2. The van der Waals surface area contributed by atoms with Crippen LogP contribution in [0.15, 0.2) is 18.2 Å². The van der Waals surface area contributed by atoms with Crippen LogP contribution >= 0.6 is 0 Å². The van der Waals surface area contributed by atoms with Gasteiger partial charge in [-0.2, -0.15) is 0 Å². The Balaban J connectivity index is 2.14. The van der Waals surface area contributed by atoms with Crippen LogP contribution in [0.3, 0.4) is 0 Å². The summed E-state index contributed by atoms with van der Waals surface area (Å²) in [5.41, 5.74) is 7.44. The number of ether oxygens (including phenoxy) is 1. The van der Waals surface area contributed by atoms with E-state index in [1.54, 1.807) is 0 Å². The standard InChI is InChI=1S/C16H25N3O2/c1-4-11(3)18-16(20)10-19-9-13(5-2)21-15-8-12(17)6-7-14(15)19/h6-8,11,13H,4-5,9-10,17H2,1-3H3,(H,18,20). The third-order valence-electron chi connectivity index (χ3n) is 3.85. The Bertz CT molecular complexity index is 504. The van der Waals surface area contributed by atoms with Gasteiger partial charge in [-0.15, -0.1) is 0 Å². The average molecular weight is 291 g/mol. The molecule has 1 aliphatic rings. The molecule has 116 valence electrons. The molecule has 0 aliphatic carbocycles. The average Bonchev–Trinajstić information content (AvgIpc) is 2.46. The van der Waals surface area contributed by atoms with Gasteiger partial charge in [0.2, 0.25) is 5.91 Å². The van der Waals surface area contributed by atoms with Crippen molar-refractivity contribution in [1.29, 1.82) is 0 Å². The van der Waals surface area contributed by atoms with Crippen molar-refractivity contribution in [2.24, 2.45) is 0 Å². The molecule has 0 fully saturated rings. The molecule has 1 aliphatic heterocycles. The summed E-state index contributed by atoms with van der Waals surface area (Å²) in [7, 11) is 0. The van der Waals surface area contributed by atoms with Crippen molar-refractivity contribution in [2.75, 3.05) is 23.7 Å². The number of nitrogens with one attached hydrogen (secondary N) is 1. The van der Waals surface area contributed by atoms with E-state index in [1.807, 2.05) is 25.1 Å². The summed E-state index contributed by atoms with van der Waals surface area (Å²) in [5, 5.41) is 3.01. The van der Waals surface area contributed by atoms with Crippen LogP contribution in [0.25, 0.3) is 0 Å². The summed E-state index contributed by atoms with van der Waals surface area (Å²) in [5.74, 6) is 0.813. The lowest BCUT2D eigenvalue weighted by Crippen LogP contribution is -2.46. The summed E-state index contributed by atoms with van der Waals surface area (Å²) < 4.78 is 5.92. The summed E-state index contributed by atoms with van der Waals surface area (Å²) >= 11 is 0. The second-order valence-corrected chi connectivity index (χ2v) is 5.63. The number of anilines is 2. The molecule has 0 saturated heterocycles. The Morgan fingerprint density at radius 3 is 2.95 bits per heavy atom. The van der Waals surface area contributed by atoms with E-state index >= 15 is 0 Å². The van der Waals surface area contributed by atoms with Gasteiger partial charge in [-0.1, -0.05) is 13.8 Å². The van der Waals surface area contributed by atoms with Crippen LogP contribution in [0, 0.1) is 0 Å². The molecular formula is C16H25N3O2. The van der Waals surface area contributed by atoms with Gasteiger partial charge in [0, 0.05) is 17.8 Å². The maximum atomic E-state index is 12.1. The molecule has 5 nitrogen and oxygen atoms in total. The predicted molar refractivity (Wildman–Crippen MR) is 85.7 cm³/mol. The molecule has 1 heterocycles. The van der Waals surface area contributed by atoms with Crippen LogP contribution in [0.1, 0.15) is 33.6 Å². The van der Waals surface area contributed by atoms with Crippen LogP contribution in [-0.4, -0.2) is 31.1 Å². The Hall–Kier alpha value is -1.91. The number of benzene rings is 1. The van der Waals surface area contributed by atoms with Crippen LogP contribution < -0.4 is 20.7 Å². The number of amides is 1. The molecule has 1 amide bonds. The molecule has 3 N–H and O–H groups in total. The topological polar surface area (TPSA) is 67.6 Å². The first-order valence-corrected chi connectivity index (χ1v) is 7.64. The second-order valence-electron chi connectivity index (χ2n) is 5.63. The SMILES string of the molecule is CCC(C)NC(=O)CN1CC(CC)Oc2cc(N)ccc21. The lowest BCUT2D eigenvalue weighted by Gasteiger charge is -2.36. The van der Waals surface area contributed by atoms with Crippen molar-refractivity contribution in [1.82, 2.24) is 5.32 Å². The molecule has 1 aromatic carbocycles. The van der Waals surface area contributed by atoms with Gasteiger partial charge in [0.25, 0.3) is 0 Å². The molecule has 2 unspecified atom stereocenters. The number of nitrogen functional groups attached to an aromatic ring is 1. The highest BCUT2D eigenvalue weighted by Crippen LogP contribution is 2.35. The zero-order valence-corrected chi connectivity index (χ0v) is 13.1. The van der Waals surface area contributed by atoms with E-state index in [-0.39, 0.29) is 18.1 Å². The zero-order valence-electron chi connectivity index (χ0n) is 13.1. The Morgan fingerprint density at radius 2 is 2.29 bits per heavy atom. The first-order valence-electron chi connectivity index (χ1n) is 7.64. The van der Waals surface area contributed by atoms with Gasteiger partial charge in [0.05, 0.1) is 18.8 Å². The molecule has 0 spiro atoms. The van der Waals surface area contributed by atoms with Gasteiger partial charge in [-0.3, -0.25) is 4.79 Å². The fraction of sp³-hybridized carbons (Fsp3) is 0.562. The second kappa shape index (κ2) is 6.70. The molecule has 5 heteroatoms.